The summed E-state index contributed by atoms with van der Waals surface area (Å²) in [6.07, 6.45) is 3.22. The van der Waals surface area contributed by atoms with Crippen molar-refractivity contribution in [2.24, 2.45) is 14.1 Å². The average Bonchev–Trinajstić information content (AvgIpc) is 3.07. The predicted octanol–water partition coefficient (Wildman–Crippen LogP) is 2.56. The molecule has 0 saturated heterocycles. The highest BCUT2D eigenvalue weighted by atomic mass is 35.5. The molecular weight excluding hydrogens is 472 g/mol. The zero-order chi connectivity index (χ0) is 25.0. The zero-order valence-electron chi connectivity index (χ0n) is 19.4. The van der Waals surface area contributed by atoms with Gasteiger partial charge in [0.05, 0.1) is 29.9 Å². The van der Waals surface area contributed by atoms with Crippen LogP contribution in [-0.4, -0.2) is 31.3 Å². The average molecular weight is 495 g/mol. The van der Waals surface area contributed by atoms with E-state index in [4.69, 9.17) is 16.3 Å². The second-order valence-corrected chi connectivity index (χ2v) is 9.06. The van der Waals surface area contributed by atoms with Gasteiger partial charge in [-0.25, -0.2) is 14.4 Å². The number of rotatable bonds is 3. The first kappa shape index (κ1) is 22.9. The lowest BCUT2D eigenvalue weighted by atomic mass is 9.87. The lowest BCUT2D eigenvalue weighted by Crippen LogP contribution is -2.45. The van der Waals surface area contributed by atoms with Gasteiger partial charge >= 0.3 is 17.3 Å². The fourth-order valence-electron chi connectivity index (χ4n) is 4.97. The third kappa shape index (κ3) is 3.46. The lowest BCUT2D eigenvalue weighted by Gasteiger charge is -2.28. The van der Waals surface area contributed by atoms with E-state index in [1.54, 1.807) is 44.4 Å². The van der Waals surface area contributed by atoms with E-state index >= 15 is 0 Å². The third-order valence-corrected chi connectivity index (χ3v) is 7.14. The van der Waals surface area contributed by atoms with Gasteiger partial charge in [0.25, 0.3) is 5.56 Å². The fraction of sp³-hybridized carbons (Fsp3) is 0.280. The number of ether oxygens (including phenoxy) is 1. The van der Waals surface area contributed by atoms with Crippen molar-refractivity contribution in [1.82, 2.24) is 18.3 Å². The van der Waals surface area contributed by atoms with E-state index in [1.807, 2.05) is 6.07 Å². The van der Waals surface area contributed by atoms with Crippen LogP contribution < -0.4 is 16.9 Å². The summed E-state index contributed by atoms with van der Waals surface area (Å²) >= 11 is 6.42. The van der Waals surface area contributed by atoms with Crippen LogP contribution in [0.25, 0.3) is 16.7 Å². The molecule has 0 unspecified atom stereocenters. The Morgan fingerprint density at radius 1 is 1.03 bits per heavy atom. The van der Waals surface area contributed by atoms with E-state index in [2.05, 4.69) is 0 Å². The summed E-state index contributed by atoms with van der Waals surface area (Å²) < 4.78 is 10.2. The highest BCUT2D eigenvalue weighted by Crippen LogP contribution is 2.35. The van der Waals surface area contributed by atoms with Gasteiger partial charge in [0, 0.05) is 25.3 Å². The van der Waals surface area contributed by atoms with Gasteiger partial charge in [0.15, 0.2) is 0 Å². The van der Waals surface area contributed by atoms with Gasteiger partial charge in [-0.1, -0.05) is 23.7 Å². The van der Waals surface area contributed by atoms with Crippen LogP contribution >= 0.6 is 11.6 Å². The number of benzene rings is 2. The molecule has 180 valence electrons. The first-order valence-corrected chi connectivity index (χ1v) is 11.5. The summed E-state index contributed by atoms with van der Waals surface area (Å²) in [6.45, 7) is 0. The fourth-order valence-corrected chi connectivity index (χ4v) is 5.25. The molecule has 10 heteroatoms. The molecule has 2 heterocycles. The van der Waals surface area contributed by atoms with Crippen LogP contribution in [-0.2, 0) is 25.3 Å². The molecule has 1 atom stereocenters. The molecule has 1 aliphatic rings. The van der Waals surface area contributed by atoms with Gasteiger partial charge < -0.3 is 4.74 Å². The number of aromatic nitrogens is 4. The minimum absolute atomic E-state index is 0.208. The summed E-state index contributed by atoms with van der Waals surface area (Å²) in [6, 6.07) is 9.92. The molecule has 0 radical (unpaired) electrons. The van der Waals surface area contributed by atoms with Crippen molar-refractivity contribution in [3.05, 3.63) is 95.6 Å². The van der Waals surface area contributed by atoms with Gasteiger partial charge in [-0.15, -0.1) is 0 Å². The van der Waals surface area contributed by atoms with Crippen LogP contribution in [0.5, 0.6) is 0 Å². The number of halogens is 1. The Kier molecular flexibility index (Phi) is 5.52. The Morgan fingerprint density at radius 2 is 1.77 bits per heavy atom. The highest BCUT2D eigenvalue weighted by Gasteiger charge is 2.29. The van der Waals surface area contributed by atoms with E-state index < -0.39 is 23.3 Å². The molecular formula is C25H23ClN4O5. The first-order valence-electron chi connectivity index (χ1n) is 11.1. The molecule has 0 saturated carbocycles. The molecule has 0 N–H and O–H groups in total. The lowest BCUT2D eigenvalue weighted by molar-refractivity contribution is 0.0596. The molecule has 1 aliphatic carbocycles. The minimum atomic E-state index is -0.840. The smallest absolute Gasteiger partial charge is 0.345 e. The molecule has 0 amide bonds. The normalized spacial score (nSPS) is 15.3. The van der Waals surface area contributed by atoms with Crippen LogP contribution in [0, 0.1) is 0 Å². The Hall–Kier alpha value is -3.85. The number of hydrogen-bond acceptors (Lipinski definition) is 5. The van der Waals surface area contributed by atoms with E-state index in [1.165, 1.54) is 27.0 Å². The van der Waals surface area contributed by atoms with Crippen molar-refractivity contribution in [1.29, 1.82) is 0 Å². The zero-order valence-corrected chi connectivity index (χ0v) is 20.2. The van der Waals surface area contributed by atoms with Crippen molar-refractivity contribution in [3.8, 4) is 5.69 Å². The Labute approximate surface area is 204 Å². The van der Waals surface area contributed by atoms with Crippen molar-refractivity contribution >= 4 is 28.6 Å². The Bertz CT molecular complexity index is 1690. The first-order chi connectivity index (χ1) is 16.7. The summed E-state index contributed by atoms with van der Waals surface area (Å²) in [5.74, 6) is -0.840. The Morgan fingerprint density at radius 3 is 2.51 bits per heavy atom. The van der Waals surface area contributed by atoms with Gasteiger partial charge in [0.1, 0.15) is 5.56 Å². The van der Waals surface area contributed by atoms with Gasteiger partial charge in [-0.2, -0.15) is 0 Å². The molecule has 0 aliphatic heterocycles. The molecule has 0 bridgehead atoms. The number of carbonyl (C=O) groups is 1. The maximum atomic E-state index is 13.8. The second kappa shape index (κ2) is 8.42. The number of carbonyl (C=O) groups excluding carboxylic acids is 1. The summed E-state index contributed by atoms with van der Waals surface area (Å²) in [7, 11) is 4.49. The van der Waals surface area contributed by atoms with Crippen LogP contribution in [0.1, 0.15) is 40.4 Å². The molecule has 2 aromatic carbocycles. The highest BCUT2D eigenvalue weighted by molar-refractivity contribution is 6.31. The quantitative estimate of drug-likeness (QED) is 0.408. The second-order valence-electron chi connectivity index (χ2n) is 8.65. The van der Waals surface area contributed by atoms with Crippen LogP contribution in [0.2, 0.25) is 5.02 Å². The molecule has 0 fully saturated rings. The SMILES string of the molecule is COC(=O)c1cn(-c2ccc3c(c2)n(C)c(=O)n3C)c(=O)n([C@H]2CCCc3c(Cl)cccc32)c1=O. The van der Waals surface area contributed by atoms with Crippen molar-refractivity contribution in [3.63, 3.8) is 0 Å². The predicted molar refractivity (Wildman–Crippen MR) is 132 cm³/mol. The van der Waals surface area contributed by atoms with Crippen molar-refractivity contribution < 1.29 is 9.53 Å². The number of hydrogen-bond donors (Lipinski definition) is 0. The number of fused-ring (bicyclic) bond motifs is 2. The van der Waals surface area contributed by atoms with Gasteiger partial charge in [-0.3, -0.25) is 23.1 Å². The van der Waals surface area contributed by atoms with Crippen molar-refractivity contribution in [2.75, 3.05) is 7.11 Å². The molecule has 5 rings (SSSR count). The molecule has 2 aromatic heterocycles. The van der Waals surface area contributed by atoms with Crippen molar-refractivity contribution in [2.45, 2.75) is 25.3 Å². The van der Waals surface area contributed by atoms with Gasteiger partial charge in [-0.05, 0) is 54.7 Å². The number of imidazole rings is 1. The topological polar surface area (TPSA) is 97.2 Å². The molecule has 0 spiro atoms. The van der Waals surface area contributed by atoms with Crippen LogP contribution in [0.3, 0.4) is 0 Å². The molecule has 35 heavy (non-hydrogen) atoms. The molecule has 4 aromatic rings. The third-order valence-electron chi connectivity index (χ3n) is 6.79. The van der Waals surface area contributed by atoms with E-state index in [9.17, 15) is 19.2 Å². The summed E-state index contributed by atoms with van der Waals surface area (Å²) in [5.41, 5.74) is 1.60. The monoisotopic (exact) mass is 494 g/mol. The minimum Gasteiger partial charge on any atom is -0.465 e. The van der Waals surface area contributed by atoms with Crippen LogP contribution in [0.15, 0.2) is 57.0 Å². The van der Waals surface area contributed by atoms with Gasteiger partial charge in [0.2, 0.25) is 0 Å². The summed E-state index contributed by atoms with van der Waals surface area (Å²) in [5, 5.41) is 0.583. The number of nitrogens with zero attached hydrogens (tertiary/aromatic N) is 4. The largest absolute Gasteiger partial charge is 0.465 e. The molecule has 9 nitrogen and oxygen atoms in total. The van der Waals surface area contributed by atoms with E-state index in [0.29, 0.717) is 28.2 Å². The van der Waals surface area contributed by atoms with E-state index in [-0.39, 0.29) is 11.3 Å². The number of aryl methyl sites for hydroxylation is 2. The maximum Gasteiger partial charge on any atom is 0.345 e. The Balaban J connectivity index is 1.81. The number of methoxy groups -OCH3 is 1. The number of esters is 1. The maximum absolute atomic E-state index is 13.8. The standard InChI is InChI=1S/C25H23ClN4O5/c1-27-20-11-10-14(12-21(20)28(2)24(27)33)29-13-17(23(32)35-3)22(31)30(25(29)34)19-9-5-6-15-16(19)7-4-8-18(15)26/h4,7-8,10-13,19H,5-6,9H2,1-3H3/t19-/m0/s1. The van der Waals surface area contributed by atoms with Crippen LogP contribution in [0.4, 0.5) is 0 Å². The van der Waals surface area contributed by atoms with E-state index in [0.717, 1.165) is 28.5 Å². The summed E-state index contributed by atoms with van der Waals surface area (Å²) in [4.78, 5) is 52.2.